The molecule has 0 unspecified atom stereocenters. The number of aromatic nitrogens is 1. The number of hydrogen-bond donors (Lipinski definition) is 1. The maximum atomic E-state index is 12.7. The SMILES string of the molecule is CCOc1ncccc1NC(=O)c1cc(S(=O)(=O)N(CC)CC)ccc1Cl. The van der Waals surface area contributed by atoms with Gasteiger partial charge in [-0.3, -0.25) is 4.79 Å². The van der Waals surface area contributed by atoms with E-state index < -0.39 is 15.9 Å². The Labute approximate surface area is 164 Å². The molecule has 0 radical (unpaired) electrons. The summed E-state index contributed by atoms with van der Waals surface area (Å²) < 4.78 is 32.1. The monoisotopic (exact) mass is 411 g/mol. The third-order valence-electron chi connectivity index (χ3n) is 3.83. The lowest BCUT2D eigenvalue weighted by Gasteiger charge is -2.19. The van der Waals surface area contributed by atoms with Crippen molar-refractivity contribution in [3.63, 3.8) is 0 Å². The van der Waals surface area contributed by atoms with Crippen molar-refractivity contribution in [1.82, 2.24) is 9.29 Å². The minimum Gasteiger partial charge on any atom is -0.476 e. The summed E-state index contributed by atoms with van der Waals surface area (Å²) in [4.78, 5) is 16.8. The number of carbonyl (C=O) groups is 1. The largest absolute Gasteiger partial charge is 0.476 e. The fourth-order valence-electron chi connectivity index (χ4n) is 2.48. The van der Waals surface area contributed by atoms with Crippen LogP contribution in [-0.4, -0.2) is 43.3 Å². The third kappa shape index (κ3) is 4.77. The number of nitrogens with zero attached hydrogens (tertiary/aromatic N) is 2. The molecule has 0 aliphatic carbocycles. The Hall–Kier alpha value is -2.16. The van der Waals surface area contributed by atoms with Crippen LogP contribution in [0.3, 0.4) is 0 Å². The van der Waals surface area contributed by atoms with Gasteiger partial charge in [0.05, 0.1) is 22.1 Å². The molecule has 27 heavy (non-hydrogen) atoms. The number of benzene rings is 1. The van der Waals surface area contributed by atoms with E-state index in [-0.39, 0.29) is 21.4 Å². The van der Waals surface area contributed by atoms with Crippen LogP contribution in [0.25, 0.3) is 0 Å². The Morgan fingerprint density at radius 2 is 1.93 bits per heavy atom. The molecule has 0 aliphatic heterocycles. The summed E-state index contributed by atoms with van der Waals surface area (Å²) in [6.07, 6.45) is 1.55. The lowest BCUT2D eigenvalue weighted by Crippen LogP contribution is -2.30. The Morgan fingerprint density at radius 3 is 2.56 bits per heavy atom. The molecule has 1 heterocycles. The number of hydrogen-bond acceptors (Lipinski definition) is 5. The van der Waals surface area contributed by atoms with Gasteiger partial charge in [0.25, 0.3) is 5.91 Å². The number of pyridine rings is 1. The number of halogens is 1. The normalized spacial score (nSPS) is 11.4. The second kappa shape index (κ2) is 9.16. The molecule has 9 heteroatoms. The lowest BCUT2D eigenvalue weighted by molar-refractivity contribution is 0.102. The van der Waals surface area contributed by atoms with Crippen molar-refractivity contribution in [2.24, 2.45) is 0 Å². The Kier molecular flexibility index (Phi) is 7.18. The molecule has 0 fully saturated rings. The number of nitrogens with one attached hydrogen (secondary N) is 1. The summed E-state index contributed by atoms with van der Waals surface area (Å²) in [5.74, 6) is -0.276. The molecule has 146 valence electrons. The van der Waals surface area contributed by atoms with Gasteiger partial charge in [-0.2, -0.15) is 4.31 Å². The van der Waals surface area contributed by atoms with Crippen molar-refractivity contribution in [2.45, 2.75) is 25.7 Å². The maximum Gasteiger partial charge on any atom is 0.257 e. The van der Waals surface area contributed by atoms with Gasteiger partial charge in [0.15, 0.2) is 0 Å². The van der Waals surface area contributed by atoms with Gasteiger partial charge in [-0.1, -0.05) is 25.4 Å². The quantitative estimate of drug-likeness (QED) is 0.718. The van der Waals surface area contributed by atoms with E-state index in [9.17, 15) is 13.2 Å². The van der Waals surface area contributed by atoms with Gasteiger partial charge in [-0.05, 0) is 37.3 Å². The fourth-order valence-corrected chi connectivity index (χ4v) is 4.17. The predicted molar refractivity (Wildman–Crippen MR) is 105 cm³/mol. The van der Waals surface area contributed by atoms with Gasteiger partial charge in [0.2, 0.25) is 15.9 Å². The first-order chi connectivity index (χ1) is 12.8. The number of amides is 1. The highest BCUT2D eigenvalue weighted by Crippen LogP contribution is 2.26. The molecule has 0 saturated carbocycles. The van der Waals surface area contributed by atoms with E-state index in [1.807, 2.05) is 0 Å². The zero-order valence-corrected chi connectivity index (χ0v) is 17.0. The Morgan fingerprint density at radius 1 is 1.22 bits per heavy atom. The lowest BCUT2D eigenvalue weighted by atomic mass is 10.2. The molecule has 1 N–H and O–H groups in total. The van der Waals surface area contributed by atoms with Crippen molar-refractivity contribution in [3.05, 3.63) is 47.1 Å². The average Bonchev–Trinajstić information content (AvgIpc) is 2.64. The first-order valence-corrected chi connectivity index (χ1v) is 10.4. The molecule has 0 aliphatic rings. The van der Waals surface area contributed by atoms with Crippen LogP contribution in [0, 0.1) is 0 Å². The predicted octanol–water partition coefficient (Wildman–Crippen LogP) is 3.42. The van der Waals surface area contributed by atoms with E-state index in [2.05, 4.69) is 10.3 Å². The summed E-state index contributed by atoms with van der Waals surface area (Å²) in [5, 5.41) is 2.82. The molecule has 2 aromatic rings. The van der Waals surface area contributed by atoms with Crippen molar-refractivity contribution < 1.29 is 17.9 Å². The average molecular weight is 412 g/mol. The van der Waals surface area contributed by atoms with E-state index in [0.717, 1.165) is 0 Å². The highest BCUT2D eigenvalue weighted by Gasteiger charge is 2.24. The minimum absolute atomic E-state index is 0.0111. The smallest absolute Gasteiger partial charge is 0.257 e. The molecule has 2 rings (SSSR count). The summed E-state index contributed by atoms with van der Waals surface area (Å²) in [7, 11) is -3.71. The molecule has 0 atom stereocenters. The van der Waals surface area contributed by atoms with Gasteiger partial charge in [-0.15, -0.1) is 0 Å². The van der Waals surface area contributed by atoms with Gasteiger partial charge in [-0.25, -0.2) is 13.4 Å². The Balaban J connectivity index is 2.38. The molecule has 1 amide bonds. The number of carbonyl (C=O) groups excluding carboxylic acids is 1. The van der Waals surface area contributed by atoms with Gasteiger partial charge < -0.3 is 10.1 Å². The van der Waals surface area contributed by atoms with E-state index in [1.165, 1.54) is 22.5 Å². The summed E-state index contributed by atoms with van der Waals surface area (Å²) in [6.45, 7) is 6.36. The van der Waals surface area contributed by atoms with Crippen molar-refractivity contribution >= 4 is 33.2 Å². The molecule has 0 bridgehead atoms. The standard InChI is InChI=1S/C18H22ClN3O4S/c1-4-22(5-2)27(24,25)13-9-10-15(19)14(12-13)17(23)21-16-8-7-11-20-18(16)26-6-3/h7-12H,4-6H2,1-3H3,(H,21,23). The van der Waals surface area contributed by atoms with E-state index in [0.29, 0.717) is 25.4 Å². The van der Waals surface area contributed by atoms with Crippen LogP contribution in [0.1, 0.15) is 31.1 Å². The van der Waals surface area contributed by atoms with Crippen LogP contribution in [0.2, 0.25) is 5.02 Å². The summed E-state index contributed by atoms with van der Waals surface area (Å²) >= 11 is 6.14. The topological polar surface area (TPSA) is 88.6 Å². The second-order valence-electron chi connectivity index (χ2n) is 5.47. The van der Waals surface area contributed by atoms with Crippen LogP contribution in [0.15, 0.2) is 41.4 Å². The molecule has 0 spiro atoms. The van der Waals surface area contributed by atoms with Crippen LogP contribution in [0.5, 0.6) is 5.88 Å². The zero-order chi connectivity index (χ0) is 20.0. The molecule has 1 aromatic heterocycles. The van der Waals surface area contributed by atoms with Crippen LogP contribution in [0.4, 0.5) is 5.69 Å². The fraction of sp³-hybridized carbons (Fsp3) is 0.333. The highest BCUT2D eigenvalue weighted by molar-refractivity contribution is 7.89. The number of rotatable bonds is 8. The number of sulfonamides is 1. The van der Waals surface area contributed by atoms with E-state index in [4.69, 9.17) is 16.3 Å². The second-order valence-corrected chi connectivity index (χ2v) is 7.82. The Bertz CT molecular complexity index is 915. The van der Waals surface area contributed by atoms with E-state index in [1.54, 1.807) is 39.1 Å². The van der Waals surface area contributed by atoms with Crippen molar-refractivity contribution in [3.8, 4) is 5.88 Å². The first-order valence-electron chi connectivity index (χ1n) is 8.53. The van der Waals surface area contributed by atoms with Gasteiger partial charge in [0, 0.05) is 19.3 Å². The maximum absolute atomic E-state index is 12.7. The molecule has 0 saturated heterocycles. The number of anilines is 1. The summed E-state index contributed by atoms with van der Waals surface area (Å²) in [5.41, 5.74) is 0.425. The highest BCUT2D eigenvalue weighted by atomic mass is 35.5. The molecular weight excluding hydrogens is 390 g/mol. The van der Waals surface area contributed by atoms with Crippen LogP contribution < -0.4 is 10.1 Å². The van der Waals surface area contributed by atoms with Gasteiger partial charge in [0.1, 0.15) is 5.69 Å². The third-order valence-corrected chi connectivity index (χ3v) is 6.20. The van der Waals surface area contributed by atoms with Crippen molar-refractivity contribution in [1.29, 1.82) is 0 Å². The van der Waals surface area contributed by atoms with Crippen LogP contribution >= 0.6 is 11.6 Å². The zero-order valence-electron chi connectivity index (χ0n) is 15.4. The first kappa shape index (κ1) is 21.1. The summed E-state index contributed by atoms with van der Waals surface area (Å²) in [6, 6.07) is 7.37. The molecule has 7 nitrogen and oxygen atoms in total. The minimum atomic E-state index is -3.71. The molecule has 1 aromatic carbocycles. The van der Waals surface area contributed by atoms with Crippen molar-refractivity contribution in [2.75, 3.05) is 25.0 Å². The van der Waals surface area contributed by atoms with E-state index >= 15 is 0 Å². The number of ether oxygens (including phenoxy) is 1. The van der Waals surface area contributed by atoms with Gasteiger partial charge >= 0.3 is 0 Å². The molecular formula is C18H22ClN3O4S. The van der Waals surface area contributed by atoms with Crippen LogP contribution in [-0.2, 0) is 10.0 Å².